The summed E-state index contributed by atoms with van der Waals surface area (Å²) < 4.78 is 4.48. The molecule has 1 aromatic heterocycles. The fraction of sp³-hybridized carbons (Fsp3) is 0.300. The summed E-state index contributed by atoms with van der Waals surface area (Å²) in [4.78, 5) is 13.9. The van der Waals surface area contributed by atoms with E-state index in [1.165, 1.54) is 13.2 Å². The van der Waals surface area contributed by atoms with Gasteiger partial charge in [0.2, 0.25) is 0 Å². The Morgan fingerprint density at radius 3 is 2.69 bits per heavy atom. The van der Waals surface area contributed by atoms with Crippen molar-refractivity contribution in [2.24, 2.45) is 0 Å². The first-order chi connectivity index (χ1) is 6.13. The summed E-state index contributed by atoms with van der Waals surface area (Å²) in [6.07, 6.45) is 3.12. The van der Waals surface area contributed by atoms with Crippen LogP contribution < -0.4 is 0 Å². The van der Waals surface area contributed by atoms with Crippen molar-refractivity contribution in [2.45, 2.75) is 13.8 Å². The van der Waals surface area contributed by atoms with Crippen LogP contribution in [-0.4, -0.2) is 18.1 Å². The maximum Gasteiger partial charge on any atom is 0.330 e. The molecule has 0 atom stereocenters. The second-order valence-electron chi connectivity index (χ2n) is 2.91. The van der Waals surface area contributed by atoms with Gasteiger partial charge in [-0.3, -0.25) is 0 Å². The van der Waals surface area contributed by atoms with Gasteiger partial charge in [-0.05, 0) is 31.6 Å². The number of aromatic amines is 1. The molecule has 0 spiro atoms. The van der Waals surface area contributed by atoms with Crippen molar-refractivity contribution in [3.05, 3.63) is 29.1 Å². The van der Waals surface area contributed by atoms with Gasteiger partial charge in [-0.2, -0.15) is 0 Å². The average Bonchev–Trinajstić information content (AvgIpc) is 2.41. The summed E-state index contributed by atoms with van der Waals surface area (Å²) in [6.45, 7) is 3.96. The van der Waals surface area contributed by atoms with Crippen molar-refractivity contribution in [2.75, 3.05) is 7.11 Å². The standard InChI is InChI=1S/C10H13NO2/c1-7-6-8(2)11-9(7)4-5-10(12)13-3/h4-6,11H,1-3H3. The van der Waals surface area contributed by atoms with Crippen LogP contribution in [0, 0.1) is 13.8 Å². The first kappa shape index (κ1) is 9.58. The number of aryl methyl sites for hydroxylation is 2. The van der Waals surface area contributed by atoms with E-state index < -0.39 is 0 Å². The molecule has 0 aromatic carbocycles. The first-order valence-corrected chi connectivity index (χ1v) is 4.05. The molecule has 3 nitrogen and oxygen atoms in total. The summed E-state index contributed by atoms with van der Waals surface area (Å²) in [5.74, 6) is -0.341. The minimum absolute atomic E-state index is 0.341. The van der Waals surface area contributed by atoms with E-state index in [0.717, 1.165) is 17.0 Å². The van der Waals surface area contributed by atoms with E-state index >= 15 is 0 Å². The third-order valence-corrected chi connectivity index (χ3v) is 1.78. The number of esters is 1. The van der Waals surface area contributed by atoms with E-state index in [0.29, 0.717) is 0 Å². The van der Waals surface area contributed by atoms with Crippen LogP contribution >= 0.6 is 0 Å². The smallest absolute Gasteiger partial charge is 0.330 e. The van der Waals surface area contributed by atoms with E-state index in [2.05, 4.69) is 9.72 Å². The Morgan fingerprint density at radius 2 is 2.23 bits per heavy atom. The molecule has 0 unspecified atom stereocenters. The van der Waals surface area contributed by atoms with Gasteiger partial charge in [0.1, 0.15) is 0 Å². The molecular formula is C10H13NO2. The van der Waals surface area contributed by atoms with Crippen LogP contribution in [-0.2, 0) is 9.53 Å². The average molecular weight is 179 g/mol. The number of methoxy groups -OCH3 is 1. The molecule has 0 aliphatic carbocycles. The lowest BCUT2D eigenvalue weighted by Gasteiger charge is -1.91. The van der Waals surface area contributed by atoms with Gasteiger partial charge in [-0.15, -0.1) is 0 Å². The zero-order valence-electron chi connectivity index (χ0n) is 8.05. The Morgan fingerprint density at radius 1 is 1.54 bits per heavy atom. The van der Waals surface area contributed by atoms with Crippen molar-refractivity contribution in [1.29, 1.82) is 0 Å². The summed E-state index contributed by atoms with van der Waals surface area (Å²) in [5.41, 5.74) is 3.16. The van der Waals surface area contributed by atoms with Gasteiger partial charge in [0.25, 0.3) is 0 Å². The molecule has 70 valence electrons. The molecule has 1 aromatic rings. The second kappa shape index (κ2) is 3.94. The highest BCUT2D eigenvalue weighted by Crippen LogP contribution is 2.10. The van der Waals surface area contributed by atoms with Crippen molar-refractivity contribution in [3.63, 3.8) is 0 Å². The van der Waals surface area contributed by atoms with Gasteiger partial charge >= 0.3 is 5.97 Å². The fourth-order valence-corrected chi connectivity index (χ4v) is 1.14. The lowest BCUT2D eigenvalue weighted by Crippen LogP contribution is -1.93. The van der Waals surface area contributed by atoms with Crippen LogP contribution in [0.15, 0.2) is 12.1 Å². The van der Waals surface area contributed by atoms with Crippen molar-refractivity contribution >= 4 is 12.0 Å². The van der Waals surface area contributed by atoms with Crippen molar-refractivity contribution < 1.29 is 9.53 Å². The normalized spacial score (nSPS) is 10.7. The van der Waals surface area contributed by atoms with Gasteiger partial charge in [0.05, 0.1) is 7.11 Å². The molecule has 3 heteroatoms. The quantitative estimate of drug-likeness (QED) is 0.555. The third-order valence-electron chi connectivity index (χ3n) is 1.78. The van der Waals surface area contributed by atoms with Gasteiger partial charge in [-0.1, -0.05) is 0 Å². The van der Waals surface area contributed by atoms with Crippen LogP contribution in [0.25, 0.3) is 6.08 Å². The Labute approximate surface area is 77.4 Å². The Hall–Kier alpha value is -1.51. The number of hydrogen-bond donors (Lipinski definition) is 1. The highest BCUT2D eigenvalue weighted by Gasteiger charge is 1.98. The maximum absolute atomic E-state index is 10.8. The van der Waals surface area contributed by atoms with E-state index in [9.17, 15) is 4.79 Å². The fourth-order valence-electron chi connectivity index (χ4n) is 1.14. The Kier molecular flexibility index (Phi) is 2.90. The lowest BCUT2D eigenvalue weighted by molar-refractivity contribution is -0.134. The summed E-state index contributed by atoms with van der Waals surface area (Å²) in [7, 11) is 1.36. The zero-order chi connectivity index (χ0) is 9.84. The molecule has 13 heavy (non-hydrogen) atoms. The van der Waals surface area contributed by atoms with Gasteiger partial charge in [0, 0.05) is 17.5 Å². The maximum atomic E-state index is 10.8. The minimum Gasteiger partial charge on any atom is -0.466 e. The zero-order valence-corrected chi connectivity index (χ0v) is 8.05. The van der Waals surface area contributed by atoms with Crippen molar-refractivity contribution in [3.8, 4) is 0 Å². The van der Waals surface area contributed by atoms with Gasteiger partial charge < -0.3 is 9.72 Å². The predicted octanol–water partition coefficient (Wildman–Crippen LogP) is 1.82. The molecule has 0 aliphatic rings. The number of carbonyl (C=O) groups is 1. The number of ether oxygens (including phenoxy) is 1. The molecule has 0 amide bonds. The minimum atomic E-state index is -0.341. The molecule has 0 aliphatic heterocycles. The van der Waals surface area contributed by atoms with Crippen LogP contribution in [0.5, 0.6) is 0 Å². The molecule has 1 rings (SSSR count). The molecular weight excluding hydrogens is 166 g/mol. The third kappa shape index (κ3) is 2.47. The molecule has 1 heterocycles. The summed E-state index contributed by atoms with van der Waals surface area (Å²) in [6, 6.07) is 2.02. The molecule has 0 fully saturated rings. The number of hydrogen-bond acceptors (Lipinski definition) is 2. The highest BCUT2D eigenvalue weighted by atomic mass is 16.5. The molecule has 0 radical (unpaired) electrons. The second-order valence-corrected chi connectivity index (χ2v) is 2.91. The molecule has 0 bridgehead atoms. The van der Waals surface area contributed by atoms with Crippen LogP contribution in [0.4, 0.5) is 0 Å². The molecule has 0 saturated heterocycles. The number of nitrogens with one attached hydrogen (secondary N) is 1. The van der Waals surface area contributed by atoms with Crippen LogP contribution in [0.2, 0.25) is 0 Å². The van der Waals surface area contributed by atoms with Crippen molar-refractivity contribution in [1.82, 2.24) is 4.98 Å². The Bertz CT molecular complexity index is 337. The highest BCUT2D eigenvalue weighted by molar-refractivity contribution is 5.86. The van der Waals surface area contributed by atoms with E-state index in [4.69, 9.17) is 0 Å². The van der Waals surface area contributed by atoms with E-state index in [-0.39, 0.29) is 5.97 Å². The Balaban J connectivity index is 2.79. The van der Waals surface area contributed by atoms with E-state index in [1.807, 2.05) is 19.9 Å². The number of carbonyl (C=O) groups excluding carboxylic acids is 1. The SMILES string of the molecule is COC(=O)C=Cc1[nH]c(C)cc1C. The van der Waals surface area contributed by atoms with Gasteiger partial charge in [-0.25, -0.2) is 4.79 Å². The molecule has 1 N–H and O–H groups in total. The largest absolute Gasteiger partial charge is 0.466 e. The summed E-state index contributed by atoms with van der Waals surface area (Å²) >= 11 is 0. The first-order valence-electron chi connectivity index (χ1n) is 4.05. The number of H-pyrrole nitrogens is 1. The van der Waals surface area contributed by atoms with E-state index in [1.54, 1.807) is 6.08 Å². The monoisotopic (exact) mass is 179 g/mol. The number of rotatable bonds is 2. The lowest BCUT2D eigenvalue weighted by atomic mass is 10.2. The van der Waals surface area contributed by atoms with Gasteiger partial charge in [0.15, 0.2) is 0 Å². The molecule has 0 saturated carbocycles. The topological polar surface area (TPSA) is 42.1 Å². The van der Waals surface area contributed by atoms with Crippen LogP contribution in [0.1, 0.15) is 17.0 Å². The van der Waals surface area contributed by atoms with Crippen LogP contribution in [0.3, 0.4) is 0 Å². The predicted molar refractivity (Wildman–Crippen MR) is 51.3 cm³/mol. The summed E-state index contributed by atoms with van der Waals surface area (Å²) in [5, 5.41) is 0. The number of aromatic nitrogens is 1.